The number of amides is 2. The molecule has 1 saturated heterocycles. The number of halogens is 2. The van der Waals surface area contributed by atoms with Crippen LogP contribution in [0.1, 0.15) is 30.4 Å². The van der Waals surface area contributed by atoms with Crippen LogP contribution in [0.2, 0.25) is 0 Å². The fourth-order valence-electron chi connectivity index (χ4n) is 5.02. The van der Waals surface area contributed by atoms with E-state index in [1.165, 1.54) is 24.2 Å². The molecule has 1 aliphatic heterocycles. The minimum absolute atomic E-state index is 0.0110. The topological polar surface area (TPSA) is 138 Å². The number of nitrogens with one attached hydrogen (secondary N) is 1. The number of ether oxygens (including phenoxy) is 3. The van der Waals surface area contributed by atoms with Gasteiger partial charge in [-0.15, -0.1) is 0 Å². The van der Waals surface area contributed by atoms with Gasteiger partial charge in [0.1, 0.15) is 24.1 Å². The average Bonchev–Trinajstić information content (AvgIpc) is 3.52. The number of benzene rings is 2. The second-order valence-corrected chi connectivity index (χ2v) is 11.0. The first-order chi connectivity index (χ1) is 19.8. The molecule has 12 heteroatoms. The molecule has 222 valence electrons. The third-order valence-corrected chi connectivity index (χ3v) is 7.93. The van der Waals surface area contributed by atoms with E-state index in [0.717, 1.165) is 0 Å². The van der Waals surface area contributed by atoms with E-state index in [-0.39, 0.29) is 49.6 Å². The van der Waals surface area contributed by atoms with Crippen LogP contribution < -0.4 is 14.8 Å². The van der Waals surface area contributed by atoms with Crippen LogP contribution in [0, 0.1) is 9.39 Å². The third-order valence-electron chi connectivity index (χ3n) is 7.13. The fraction of sp³-hybridized carbons (Fsp3) is 0.448. The average molecular weight is 684 g/mol. The van der Waals surface area contributed by atoms with E-state index < -0.39 is 42.0 Å². The Kier molecular flexibility index (Phi) is 10.9. The molecule has 4 N–H and O–H groups in total. The second-order valence-electron chi connectivity index (χ2n) is 9.84. The molecular formula is C29H34FIN2O8. The van der Waals surface area contributed by atoms with E-state index in [0.29, 0.717) is 34.3 Å². The molecule has 10 nitrogen and oxygen atoms in total. The van der Waals surface area contributed by atoms with Crippen molar-refractivity contribution in [1.29, 1.82) is 0 Å². The van der Waals surface area contributed by atoms with Gasteiger partial charge in [0, 0.05) is 37.3 Å². The summed E-state index contributed by atoms with van der Waals surface area (Å²) in [5, 5.41) is 33.1. The predicted octanol–water partition coefficient (Wildman–Crippen LogP) is 2.05. The maximum absolute atomic E-state index is 14.8. The largest absolute Gasteiger partial charge is 0.493 e. The Morgan fingerprint density at radius 3 is 2.68 bits per heavy atom. The van der Waals surface area contributed by atoms with Crippen LogP contribution in [-0.2, 0) is 27.5 Å². The van der Waals surface area contributed by atoms with E-state index >= 15 is 0 Å². The van der Waals surface area contributed by atoms with Crippen LogP contribution in [0.3, 0.4) is 0 Å². The first kappa shape index (κ1) is 31.2. The summed E-state index contributed by atoms with van der Waals surface area (Å²) in [5.41, 5.74) is 1.08. The molecule has 0 saturated carbocycles. The highest BCUT2D eigenvalue weighted by Gasteiger charge is 2.43. The highest BCUT2D eigenvalue weighted by molar-refractivity contribution is 14.1. The molecular weight excluding hydrogens is 650 g/mol. The van der Waals surface area contributed by atoms with Gasteiger partial charge < -0.3 is 39.7 Å². The molecule has 0 bridgehead atoms. The summed E-state index contributed by atoms with van der Waals surface area (Å²) in [6.07, 6.45) is -0.547. The van der Waals surface area contributed by atoms with E-state index in [1.807, 2.05) is 22.6 Å². The first-order valence-corrected chi connectivity index (χ1v) is 14.4. The number of aliphatic hydroxyl groups is 3. The van der Waals surface area contributed by atoms with E-state index in [4.69, 9.17) is 14.2 Å². The van der Waals surface area contributed by atoms with E-state index in [2.05, 4.69) is 5.32 Å². The highest BCUT2D eigenvalue weighted by Crippen LogP contribution is 2.37. The molecule has 4 rings (SSSR count). The minimum atomic E-state index is -1.32. The number of hydrogen-bond donors (Lipinski definition) is 4. The van der Waals surface area contributed by atoms with Gasteiger partial charge in [-0.25, -0.2) is 4.39 Å². The zero-order chi connectivity index (χ0) is 29.5. The Morgan fingerprint density at radius 2 is 2.02 bits per heavy atom. The van der Waals surface area contributed by atoms with Crippen LogP contribution in [-0.4, -0.2) is 83.3 Å². The van der Waals surface area contributed by atoms with E-state index in [9.17, 15) is 29.3 Å². The number of carbonyl (C=O) groups is 2. The van der Waals surface area contributed by atoms with Crippen molar-refractivity contribution in [1.82, 2.24) is 10.2 Å². The summed E-state index contributed by atoms with van der Waals surface area (Å²) in [6, 6.07) is 8.41. The summed E-state index contributed by atoms with van der Waals surface area (Å²) < 4.78 is 32.7. The van der Waals surface area contributed by atoms with Crippen molar-refractivity contribution in [2.45, 2.75) is 56.8 Å². The molecule has 41 heavy (non-hydrogen) atoms. The number of hydrogen-bond acceptors (Lipinski definition) is 8. The zero-order valence-electron chi connectivity index (χ0n) is 22.6. The summed E-state index contributed by atoms with van der Waals surface area (Å²) in [6.45, 7) is -0.213. The second kappa shape index (κ2) is 14.4. The standard InChI is InChI=1S/C29H34FIN2O8/c1-39-25-12-17(16-35)11-21(31)27(25)41-24-14-19(28(37)32-8-9-34)13-22(26(24)36)33(29(38)23-7-4-10-40-23)15-18-5-2-3-6-20(18)30/h2-3,5-6,11-12,14,22-24,26,34-36H,4,7-10,13,15-16H2,1H3,(H,32,37)/t22-,23?,24+,26+/m1/s1. The summed E-state index contributed by atoms with van der Waals surface area (Å²) >= 11 is 2.02. The summed E-state index contributed by atoms with van der Waals surface area (Å²) in [7, 11) is 1.44. The SMILES string of the molecule is COc1cc(CO)cc(I)c1O[C@H]1C=C(C(=O)NCCO)C[C@@H](N(Cc2ccccc2F)C(=O)C2CCCO2)[C@@H]1O. The minimum Gasteiger partial charge on any atom is -0.493 e. The van der Waals surface area contributed by atoms with Gasteiger partial charge >= 0.3 is 0 Å². The number of rotatable bonds is 11. The van der Waals surface area contributed by atoms with E-state index in [1.54, 1.807) is 30.3 Å². The quantitative estimate of drug-likeness (QED) is 0.264. The molecule has 2 amide bonds. The van der Waals surface area contributed by atoms with Crippen molar-refractivity contribution < 1.29 is 43.5 Å². The molecule has 0 spiro atoms. The molecule has 0 radical (unpaired) electrons. The smallest absolute Gasteiger partial charge is 0.252 e. The van der Waals surface area contributed by atoms with Gasteiger partial charge in [0.25, 0.3) is 5.91 Å². The molecule has 1 heterocycles. The van der Waals surface area contributed by atoms with Gasteiger partial charge in [-0.3, -0.25) is 9.59 Å². The highest BCUT2D eigenvalue weighted by atomic mass is 127. The predicted molar refractivity (Wildman–Crippen MR) is 155 cm³/mol. The molecule has 1 aliphatic carbocycles. The number of carbonyl (C=O) groups excluding carboxylic acids is 2. The normalized spacial score (nSPS) is 22.1. The number of methoxy groups -OCH3 is 1. The Hall–Kier alpha value is -2.78. The Bertz CT molecular complexity index is 1270. The molecule has 2 aliphatic rings. The van der Waals surface area contributed by atoms with Crippen LogP contribution >= 0.6 is 22.6 Å². The van der Waals surface area contributed by atoms with Crippen molar-refractivity contribution >= 4 is 34.4 Å². The molecule has 1 unspecified atom stereocenters. The van der Waals surface area contributed by atoms with Crippen LogP contribution in [0.4, 0.5) is 4.39 Å². The van der Waals surface area contributed by atoms with Crippen molar-refractivity contribution in [2.75, 3.05) is 26.9 Å². The molecule has 1 fully saturated rings. The Balaban J connectivity index is 1.74. The Morgan fingerprint density at radius 1 is 1.24 bits per heavy atom. The fourth-order valence-corrected chi connectivity index (χ4v) is 5.81. The van der Waals surface area contributed by atoms with Gasteiger partial charge in [-0.1, -0.05) is 18.2 Å². The Labute approximate surface area is 251 Å². The van der Waals surface area contributed by atoms with Crippen LogP contribution in [0.5, 0.6) is 11.5 Å². The number of nitrogens with zero attached hydrogens (tertiary/aromatic N) is 1. The van der Waals surface area contributed by atoms with Gasteiger partial charge in [0.15, 0.2) is 11.5 Å². The third kappa shape index (κ3) is 7.36. The number of aliphatic hydroxyl groups excluding tert-OH is 3. The van der Waals surface area contributed by atoms with Crippen LogP contribution in [0.15, 0.2) is 48.0 Å². The lowest BCUT2D eigenvalue weighted by atomic mass is 9.87. The van der Waals surface area contributed by atoms with Crippen molar-refractivity contribution in [3.8, 4) is 11.5 Å². The zero-order valence-corrected chi connectivity index (χ0v) is 24.8. The molecule has 2 aromatic carbocycles. The van der Waals surface area contributed by atoms with Gasteiger partial charge in [-0.2, -0.15) is 0 Å². The van der Waals surface area contributed by atoms with Crippen molar-refractivity contribution in [3.05, 3.63) is 68.6 Å². The van der Waals surface area contributed by atoms with Crippen molar-refractivity contribution in [3.63, 3.8) is 0 Å². The summed E-state index contributed by atoms with van der Waals surface area (Å²) in [4.78, 5) is 28.2. The van der Waals surface area contributed by atoms with Crippen LogP contribution in [0.25, 0.3) is 0 Å². The molecule has 2 aromatic rings. The monoisotopic (exact) mass is 684 g/mol. The summed E-state index contributed by atoms with van der Waals surface area (Å²) in [5.74, 6) is -0.807. The lowest BCUT2D eigenvalue weighted by molar-refractivity contribution is -0.149. The van der Waals surface area contributed by atoms with Gasteiger partial charge in [-0.05, 0) is 65.3 Å². The molecule has 0 aromatic heterocycles. The lowest BCUT2D eigenvalue weighted by Gasteiger charge is -2.41. The van der Waals surface area contributed by atoms with Gasteiger partial charge in [0.05, 0.1) is 29.9 Å². The lowest BCUT2D eigenvalue weighted by Crippen LogP contribution is -2.56. The van der Waals surface area contributed by atoms with Gasteiger partial charge in [0.2, 0.25) is 5.91 Å². The first-order valence-electron chi connectivity index (χ1n) is 13.3. The van der Waals surface area contributed by atoms with Crippen molar-refractivity contribution in [2.24, 2.45) is 0 Å². The maximum atomic E-state index is 14.8. The maximum Gasteiger partial charge on any atom is 0.252 e. The molecule has 4 atom stereocenters.